The summed E-state index contributed by atoms with van der Waals surface area (Å²) >= 11 is 0. The van der Waals surface area contributed by atoms with E-state index in [4.69, 9.17) is 9.47 Å². The van der Waals surface area contributed by atoms with Gasteiger partial charge >= 0.3 is 5.97 Å². The third kappa shape index (κ3) is 4.37. The first kappa shape index (κ1) is 22.3. The molecule has 3 aromatic rings. The third-order valence-electron chi connectivity index (χ3n) is 6.36. The molecule has 0 bridgehead atoms. The summed E-state index contributed by atoms with van der Waals surface area (Å²) in [6.45, 7) is 4.15. The van der Waals surface area contributed by atoms with Gasteiger partial charge in [-0.2, -0.15) is 0 Å². The predicted octanol–water partition coefficient (Wildman–Crippen LogP) is 4.11. The van der Waals surface area contributed by atoms with Crippen molar-refractivity contribution in [3.63, 3.8) is 0 Å². The monoisotopic (exact) mass is 438 g/mol. The third-order valence-corrected chi connectivity index (χ3v) is 6.36. The number of aliphatic hydroxyl groups is 1. The minimum atomic E-state index is -0.923. The molecule has 32 heavy (non-hydrogen) atoms. The highest BCUT2D eigenvalue weighted by Crippen LogP contribution is 2.38. The van der Waals surface area contributed by atoms with Gasteiger partial charge in [-0.15, -0.1) is 0 Å². The minimum absolute atomic E-state index is 0.0635. The molecule has 2 atom stereocenters. The topological polar surface area (TPSA) is 95.0 Å². The average molecular weight is 439 g/mol. The van der Waals surface area contributed by atoms with E-state index in [0.29, 0.717) is 13.2 Å². The van der Waals surface area contributed by atoms with Crippen molar-refractivity contribution >= 4 is 16.9 Å². The van der Waals surface area contributed by atoms with Crippen LogP contribution in [0.3, 0.4) is 0 Å². The van der Waals surface area contributed by atoms with Crippen LogP contribution in [0.2, 0.25) is 0 Å². The van der Waals surface area contributed by atoms with Crippen LogP contribution in [0.25, 0.3) is 10.9 Å². The van der Waals surface area contributed by atoms with Crippen LogP contribution in [0.1, 0.15) is 52.9 Å². The van der Waals surface area contributed by atoms with E-state index in [-0.39, 0.29) is 24.3 Å². The number of fused-ring (bicyclic) bond motifs is 1. The molecule has 3 N–H and O–H groups in total. The van der Waals surface area contributed by atoms with E-state index >= 15 is 0 Å². The molecule has 0 spiro atoms. The summed E-state index contributed by atoms with van der Waals surface area (Å²) in [6.07, 6.45) is 3.83. The van der Waals surface area contributed by atoms with Crippen molar-refractivity contribution in [2.24, 2.45) is 0 Å². The largest absolute Gasteiger partial charge is 0.496 e. The Morgan fingerprint density at radius 2 is 2.03 bits per heavy atom. The van der Waals surface area contributed by atoms with Gasteiger partial charge in [0.15, 0.2) is 0 Å². The van der Waals surface area contributed by atoms with Crippen LogP contribution >= 0.6 is 0 Å². The van der Waals surface area contributed by atoms with Gasteiger partial charge in [-0.1, -0.05) is 12.1 Å². The van der Waals surface area contributed by atoms with Gasteiger partial charge in [0.2, 0.25) is 0 Å². The number of H-pyrrole nitrogens is 1. The van der Waals surface area contributed by atoms with Gasteiger partial charge in [0, 0.05) is 48.4 Å². The molecule has 1 aliphatic rings. The molecule has 1 saturated heterocycles. The molecule has 4 rings (SSSR count). The number of methoxy groups -OCH3 is 1. The number of aromatic amines is 1. The van der Waals surface area contributed by atoms with Gasteiger partial charge in [0.1, 0.15) is 5.75 Å². The molecule has 0 unspecified atom stereocenters. The maximum atomic E-state index is 11.3. The molecule has 2 aromatic carbocycles. The van der Waals surface area contributed by atoms with Crippen LogP contribution in [-0.2, 0) is 17.9 Å². The Morgan fingerprint density at radius 3 is 2.69 bits per heavy atom. The van der Waals surface area contributed by atoms with Crippen LogP contribution in [0.4, 0.5) is 0 Å². The lowest BCUT2D eigenvalue weighted by Gasteiger charge is -2.40. The van der Waals surface area contributed by atoms with E-state index in [1.165, 1.54) is 0 Å². The fraction of sp³-hybridized carbons (Fsp3) is 0.400. The number of aromatic carboxylic acids is 1. The molecule has 1 aliphatic heterocycles. The Kier molecular flexibility index (Phi) is 6.79. The smallest absolute Gasteiger partial charge is 0.335 e. The molecule has 0 saturated carbocycles. The lowest BCUT2D eigenvalue weighted by Crippen LogP contribution is -2.39. The van der Waals surface area contributed by atoms with Gasteiger partial charge in [-0.3, -0.25) is 4.90 Å². The van der Waals surface area contributed by atoms with Crippen molar-refractivity contribution in [3.8, 4) is 5.75 Å². The van der Waals surface area contributed by atoms with Crippen LogP contribution in [0.5, 0.6) is 5.75 Å². The van der Waals surface area contributed by atoms with Gasteiger partial charge in [-0.05, 0) is 49.6 Å². The summed E-state index contributed by atoms with van der Waals surface area (Å²) < 4.78 is 11.7. The highest BCUT2D eigenvalue weighted by molar-refractivity contribution is 5.88. The van der Waals surface area contributed by atoms with Crippen molar-refractivity contribution < 1.29 is 24.5 Å². The maximum Gasteiger partial charge on any atom is 0.335 e. The quantitative estimate of drug-likeness (QED) is 0.490. The first-order valence-electron chi connectivity index (χ1n) is 11.0. The van der Waals surface area contributed by atoms with E-state index in [1.54, 1.807) is 19.2 Å². The van der Waals surface area contributed by atoms with Crippen LogP contribution in [-0.4, -0.2) is 52.4 Å². The number of likely N-dealkylation sites (tertiary alicyclic amines) is 1. The first-order chi connectivity index (χ1) is 15.5. The summed E-state index contributed by atoms with van der Waals surface area (Å²) in [5.74, 6) is -0.166. The molecule has 170 valence electrons. The van der Waals surface area contributed by atoms with Crippen molar-refractivity contribution in [2.45, 2.75) is 45.1 Å². The number of rotatable bonds is 8. The maximum absolute atomic E-state index is 11.3. The predicted molar refractivity (Wildman–Crippen MR) is 122 cm³/mol. The van der Waals surface area contributed by atoms with Gasteiger partial charge in [0.25, 0.3) is 0 Å². The zero-order chi connectivity index (χ0) is 22.7. The Bertz CT molecular complexity index is 1080. The average Bonchev–Trinajstić information content (AvgIpc) is 3.30. The number of nitrogens with zero attached hydrogens (tertiary/aromatic N) is 1. The highest BCUT2D eigenvalue weighted by Gasteiger charge is 2.31. The van der Waals surface area contributed by atoms with Gasteiger partial charge in [0.05, 0.1) is 30.9 Å². The normalized spacial score (nSPS) is 19.3. The van der Waals surface area contributed by atoms with Crippen molar-refractivity contribution in [1.82, 2.24) is 9.88 Å². The lowest BCUT2D eigenvalue weighted by molar-refractivity contribution is -0.0138. The molecular weight excluding hydrogens is 408 g/mol. The zero-order valence-corrected chi connectivity index (χ0v) is 18.5. The lowest BCUT2D eigenvalue weighted by atomic mass is 9.91. The van der Waals surface area contributed by atoms with E-state index in [0.717, 1.165) is 52.7 Å². The standard InChI is InChI=1S/C25H30N2O5/c1-3-32-19-9-11-27(22(13-19)16-4-6-17(7-5-16)25(29)30)14-21-20-8-10-26-24(20)18(15-28)12-23(21)31-2/h4-8,10,12,19,22,26,28H,3,9,11,13-15H2,1-2H3,(H,29,30)/t19-,22-/m0/s1. The molecule has 2 heterocycles. The van der Waals surface area contributed by atoms with Crippen LogP contribution in [0, 0.1) is 0 Å². The van der Waals surface area contributed by atoms with Crippen molar-refractivity contribution in [1.29, 1.82) is 0 Å². The molecule has 7 heteroatoms. The number of ether oxygens (including phenoxy) is 2. The van der Waals surface area contributed by atoms with E-state index in [2.05, 4.69) is 9.88 Å². The molecular formula is C25H30N2O5. The highest BCUT2D eigenvalue weighted by atomic mass is 16.5. The van der Waals surface area contributed by atoms with Crippen molar-refractivity contribution in [2.75, 3.05) is 20.3 Å². The molecule has 7 nitrogen and oxygen atoms in total. The Labute approximate surface area is 187 Å². The summed E-state index contributed by atoms with van der Waals surface area (Å²) in [5, 5.41) is 20.1. The zero-order valence-electron chi connectivity index (χ0n) is 18.5. The van der Waals surface area contributed by atoms with Crippen molar-refractivity contribution in [3.05, 3.63) is 64.8 Å². The number of hydrogen-bond donors (Lipinski definition) is 3. The van der Waals surface area contributed by atoms with E-state index in [1.807, 2.05) is 37.4 Å². The summed E-state index contributed by atoms with van der Waals surface area (Å²) in [5.41, 5.74) is 4.17. The second-order valence-electron chi connectivity index (χ2n) is 8.16. The summed E-state index contributed by atoms with van der Waals surface area (Å²) in [4.78, 5) is 16.9. The summed E-state index contributed by atoms with van der Waals surface area (Å²) in [7, 11) is 1.65. The number of aliphatic hydroxyl groups excluding tert-OH is 1. The van der Waals surface area contributed by atoms with Crippen LogP contribution in [0.15, 0.2) is 42.6 Å². The fourth-order valence-corrected chi connectivity index (χ4v) is 4.76. The Balaban J connectivity index is 1.69. The fourth-order valence-electron chi connectivity index (χ4n) is 4.76. The van der Waals surface area contributed by atoms with Gasteiger partial charge < -0.3 is 24.7 Å². The second-order valence-corrected chi connectivity index (χ2v) is 8.16. The Hall–Kier alpha value is -2.87. The summed E-state index contributed by atoms with van der Waals surface area (Å²) in [6, 6.07) is 11.2. The number of benzene rings is 2. The molecule has 0 amide bonds. The number of carbonyl (C=O) groups is 1. The number of piperidine rings is 1. The number of hydrogen-bond acceptors (Lipinski definition) is 5. The number of aromatic nitrogens is 1. The number of carboxylic acid groups (broad SMARTS) is 1. The molecule has 0 aliphatic carbocycles. The minimum Gasteiger partial charge on any atom is -0.496 e. The van der Waals surface area contributed by atoms with E-state index < -0.39 is 5.97 Å². The Morgan fingerprint density at radius 1 is 1.25 bits per heavy atom. The molecule has 0 radical (unpaired) electrons. The number of carboxylic acids is 1. The second kappa shape index (κ2) is 9.73. The van der Waals surface area contributed by atoms with Gasteiger partial charge in [-0.25, -0.2) is 4.79 Å². The number of nitrogens with one attached hydrogen (secondary N) is 1. The van der Waals surface area contributed by atoms with E-state index in [9.17, 15) is 15.0 Å². The molecule has 1 aromatic heterocycles. The van der Waals surface area contributed by atoms with Crippen LogP contribution < -0.4 is 4.74 Å². The SMILES string of the molecule is CCO[C@H]1CCN(Cc2c(OC)cc(CO)c3[nH]ccc23)[C@H](c2ccc(C(=O)O)cc2)C1. The molecule has 1 fully saturated rings. The first-order valence-corrected chi connectivity index (χ1v) is 11.0.